The Morgan fingerprint density at radius 2 is 0.515 bits per heavy atom. The predicted molar refractivity (Wildman–Crippen MR) is 430 cm³/mol. The van der Waals surface area contributed by atoms with Crippen LogP contribution in [0.25, 0.3) is 0 Å². The van der Waals surface area contributed by atoms with E-state index in [0.717, 1.165) is 44.9 Å². The normalized spacial score (nSPS) is 12.5. The average Bonchev–Trinajstić information content (AvgIpc) is 3.39. The molecule has 576 valence electrons. The summed E-state index contributed by atoms with van der Waals surface area (Å²) in [5.41, 5.74) is 0. The highest BCUT2D eigenvalue weighted by Gasteiger charge is 2.20. The lowest BCUT2D eigenvalue weighted by Gasteiger charge is -2.22. The number of amides is 1. The van der Waals surface area contributed by atoms with Crippen molar-refractivity contribution in [1.82, 2.24) is 5.32 Å². The Kier molecular flexibility index (Phi) is 85.3. The maximum Gasteiger partial charge on any atom is 0.305 e. The molecule has 0 spiro atoms. The van der Waals surface area contributed by atoms with Crippen molar-refractivity contribution in [1.29, 1.82) is 0 Å². The third kappa shape index (κ3) is 83.2. The highest BCUT2D eigenvalue weighted by molar-refractivity contribution is 5.76. The fourth-order valence-electron chi connectivity index (χ4n) is 14.7. The number of aliphatic hydroxyl groups is 2. The van der Waals surface area contributed by atoms with Crippen molar-refractivity contribution in [3.63, 3.8) is 0 Å². The summed E-state index contributed by atoms with van der Waals surface area (Å²) in [7, 11) is 0. The molecule has 0 saturated heterocycles. The number of ether oxygens (including phenoxy) is 1. The minimum Gasteiger partial charge on any atom is -0.466 e. The van der Waals surface area contributed by atoms with Gasteiger partial charge in [0.15, 0.2) is 0 Å². The molecule has 2 unspecified atom stereocenters. The number of carbonyl (C=O) groups is 2. The molecule has 2 atom stereocenters. The lowest BCUT2D eigenvalue weighted by atomic mass is 10.0. The van der Waals surface area contributed by atoms with Crippen LogP contribution in [0.4, 0.5) is 0 Å². The Morgan fingerprint density at radius 3 is 0.784 bits per heavy atom. The molecule has 0 aliphatic rings. The van der Waals surface area contributed by atoms with Crippen LogP contribution in [-0.4, -0.2) is 47.4 Å². The Morgan fingerprint density at radius 1 is 0.289 bits per heavy atom. The molecule has 0 aromatic rings. The van der Waals surface area contributed by atoms with E-state index in [1.54, 1.807) is 0 Å². The van der Waals surface area contributed by atoms with Gasteiger partial charge in [0, 0.05) is 12.8 Å². The third-order valence-electron chi connectivity index (χ3n) is 21.5. The Balaban J connectivity index is 3.34. The molecule has 6 heteroatoms. The van der Waals surface area contributed by atoms with Crippen LogP contribution in [0.5, 0.6) is 0 Å². The minimum absolute atomic E-state index is 0.0256. The molecule has 0 radical (unpaired) electrons. The Hall–Kier alpha value is -1.66. The van der Waals surface area contributed by atoms with Crippen LogP contribution in [0, 0.1) is 0 Å². The van der Waals surface area contributed by atoms with E-state index >= 15 is 0 Å². The van der Waals surface area contributed by atoms with Gasteiger partial charge in [-0.2, -0.15) is 0 Å². The molecule has 0 saturated carbocycles. The van der Waals surface area contributed by atoms with Crippen molar-refractivity contribution in [3.8, 4) is 0 Å². The fourth-order valence-corrected chi connectivity index (χ4v) is 14.7. The van der Waals surface area contributed by atoms with Crippen molar-refractivity contribution >= 4 is 11.9 Å². The summed E-state index contributed by atoms with van der Waals surface area (Å²) in [4.78, 5) is 24.7. The van der Waals surface area contributed by atoms with Crippen LogP contribution < -0.4 is 5.32 Å². The van der Waals surface area contributed by atoms with E-state index in [9.17, 15) is 19.8 Å². The first-order chi connectivity index (χ1) is 48.0. The second-order valence-corrected chi connectivity index (χ2v) is 31.3. The van der Waals surface area contributed by atoms with E-state index in [4.69, 9.17) is 4.74 Å². The van der Waals surface area contributed by atoms with Crippen LogP contribution >= 0.6 is 0 Å². The van der Waals surface area contributed by atoms with Crippen molar-refractivity contribution in [2.75, 3.05) is 13.2 Å². The quantitative estimate of drug-likeness (QED) is 0.0320. The zero-order chi connectivity index (χ0) is 69.8. The fraction of sp³-hybridized carbons (Fsp3) is 0.934. The van der Waals surface area contributed by atoms with E-state index < -0.39 is 12.1 Å². The monoisotopic (exact) mass is 1360 g/mol. The number of hydrogen-bond acceptors (Lipinski definition) is 5. The third-order valence-corrected chi connectivity index (χ3v) is 21.5. The maximum absolute atomic E-state index is 12.6. The van der Waals surface area contributed by atoms with Crippen molar-refractivity contribution < 1.29 is 24.5 Å². The second-order valence-electron chi connectivity index (χ2n) is 31.3. The molecule has 97 heavy (non-hydrogen) atoms. The van der Waals surface area contributed by atoms with Gasteiger partial charge in [-0.1, -0.05) is 475 Å². The van der Waals surface area contributed by atoms with Gasteiger partial charge in [0.2, 0.25) is 5.91 Å². The number of nitrogens with one attached hydrogen (secondary N) is 1. The summed E-state index contributed by atoms with van der Waals surface area (Å²) < 4.78 is 5.52. The molecule has 1 amide bonds. The summed E-state index contributed by atoms with van der Waals surface area (Å²) in [5.74, 6) is 0.000500. The van der Waals surface area contributed by atoms with E-state index in [1.807, 2.05) is 0 Å². The van der Waals surface area contributed by atoms with Crippen LogP contribution in [0.15, 0.2) is 24.3 Å². The first-order valence-electron chi connectivity index (χ1n) is 45.1. The van der Waals surface area contributed by atoms with Gasteiger partial charge in [-0.15, -0.1) is 0 Å². The summed E-state index contributed by atoms with van der Waals surface area (Å²) >= 11 is 0. The number of esters is 1. The zero-order valence-corrected chi connectivity index (χ0v) is 66.4. The van der Waals surface area contributed by atoms with E-state index in [2.05, 4.69) is 43.5 Å². The molecule has 0 heterocycles. The second kappa shape index (κ2) is 86.7. The van der Waals surface area contributed by atoms with E-state index in [1.165, 1.54) is 443 Å². The first kappa shape index (κ1) is 95.3. The Labute approximate surface area is 609 Å². The molecule has 0 rings (SSSR count). The minimum atomic E-state index is -0.664. The molecule has 0 aliphatic carbocycles. The molecular weight excluding hydrogens is 1190 g/mol. The number of carbonyl (C=O) groups excluding carboxylic acids is 2. The van der Waals surface area contributed by atoms with Gasteiger partial charge >= 0.3 is 5.97 Å². The largest absolute Gasteiger partial charge is 0.466 e. The standard InChI is InChI=1S/C91H177NO5/c1-3-5-7-9-11-13-15-17-19-21-23-24-42-45-48-51-55-59-63-67-71-75-79-83-89(94)88(87-93)92-90(95)84-80-76-72-68-64-60-56-52-49-46-43-40-38-36-34-32-30-28-26-25-27-29-31-33-35-37-39-41-44-47-50-54-58-62-66-70-74-78-82-86-97-91(96)85-81-77-73-69-65-61-57-53-22-20-18-16-14-12-10-8-6-4-2/h25-26,29,31,88-89,93-94H,3-24,27-28,30,32-87H2,1-2H3,(H,92,95)/b26-25-,31-29-. The molecule has 6 nitrogen and oxygen atoms in total. The van der Waals surface area contributed by atoms with Gasteiger partial charge in [0.25, 0.3) is 0 Å². The summed E-state index contributed by atoms with van der Waals surface area (Å²) in [6.45, 7) is 5.03. The van der Waals surface area contributed by atoms with Gasteiger partial charge in [-0.3, -0.25) is 9.59 Å². The highest BCUT2D eigenvalue weighted by atomic mass is 16.5. The smallest absolute Gasteiger partial charge is 0.305 e. The molecule has 0 aromatic carbocycles. The lowest BCUT2D eigenvalue weighted by molar-refractivity contribution is -0.143. The van der Waals surface area contributed by atoms with E-state index in [-0.39, 0.29) is 18.5 Å². The van der Waals surface area contributed by atoms with Gasteiger partial charge in [0.05, 0.1) is 25.4 Å². The Bertz CT molecular complexity index is 1530. The van der Waals surface area contributed by atoms with Crippen molar-refractivity contribution in [2.45, 2.75) is 533 Å². The van der Waals surface area contributed by atoms with Gasteiger partial charge in [0.1, 0.15) is 0 Å². The van der Waals surface area contributed by atoms with Gasteiger partial charge in [-0.05, 0) is 57.8 Å². The average molecular weight is 1370 g/mol. The van der Waals surface area contributed by atoms with Crippen LogP contribution in [0.1, 0.15) is 521 Å². The lowest BCUT2D eigenvalue weighted by Crippen LogP contribution is -2.45. The van der Waals surface area contributed by atoms with Crippen molar-refractivity contribution in [3.05, 3.63) is 24.3 Å². The topological polar surface area (TPSA) is 95.9 Å². The zero-order valence-electron chi connectivity index (χ0n) is 66.4. The number of allylic oxidation sites excluding steroid dienone is 4. The summed E-state index contributed by atoms with van der Waals surface area (Å²) in [6.07, 6.45) is 113. The molecule has 0 aliphatic heterocycles. The van der Waals surface area contributed by atoms with Crippen LogP contribution in [-0.2, 0) is 14.3 Å². The summed E-state index contributed by atoms with van der Waals surface area (Å²) in [6, 6.07) is -0.540. The molecule has 0 fully saturated rings. The molecular formula is C91H177NO5. The van der Waals surface area contributed by atoms with Crippen molar-refractivity contribution in [2.24, 2.45) is 0 Å². The van der Waals surface area contributed by atoms with Gasteiger partial charge in [-0.25, -0.2) is 0 Å². The van der Waals surface area contributed by atoms with Crippen LogP contribution in [0.2, 0.25) is 0 Å². The summed E-state index contributed by atoms with van der Waals surface area (Å²) in [5, 5.41) is 23.5. The molecule has 0 aromatic heterocycles. The molecule has 0 bridgehead atoms. The maximum atomic E-state index is 12.6. The predicted octanol–water partition coefficient (Wildman–Crippen LogP) is 30.3. The number of rotatable bonds is 86. The first-order valence-corrected chi connectivity index (χ1v) is 45.1. The van der Waals surface area contributed by atoms with Gasteiger partial charge < -0.3 is 20.3 Å². The van der Waals surface area contributed by atoms with Crippen LogP contribution in [0.3, 0.4) is 0 Å². The van der Waals surface area contributed by atoms with E-state index in [0.29, 0.717) is 25.9 Å². The highest BCUT2D eigenvalue weighted by Crippen LogP contribution is 2.21. The number of aliphatic hydroxyl groups excluding tert-OH is 2. The SMILES string of the molecule is CCCCCCCCCCCCCCCCCCCCCCCCCC(O)C(CO)NC(=O)CCCCCCCCCCCCCCCCCCC/C=C\C/C=C\CCCCCCCCCCCCCCCCCOC(=O)CCCCCCCCCCCCCCCCCCCC. The number of unbranched alkanes of at least 4 members (excludes halogenated alkanes) is 71. The molecule has 3 N–H and O–H groups in total. The number of hydrogen-bond donors (Lipinski definition) is 3.